The summed E-state index contributed by atoms with van der Waals surface area (Å²) in [4.78, 5) is 13.7. The molecule has 1 saturated heterocycles. The highest BCUT2D eigenvalue weighted by Crippen LogP contribution is 2.32. The second-order valence-corrected chi connectivity index (χ2v) is 12.1. The van der Waals surface area contributed by atoms with Crippen molar-refractivity contribution in [2.75, 3.05) is 61.1 Å². The number of nitrogens with one attached hydrogen (secondary N) is 2. The van der Waals surface area contributed by atoms with Crippen LogP contribution in [-0.2, 0) is 23.0 Å². The third-order valence-electron chi connectivity index (χ3n) is 6.98. The summed E-state index contributed by atoms with van der Waals surface area (Å²) in [5.74, 6) is 1.03. The number of hydrogen-bond acceptors (Lipinski definition) is 8. The summed E-state index contributed by atoms with van der Waals surface area (Å²) in [6, 6.07) is 14.1. The number of anilines is 5. The van der Waals surface area contributed by atoms with Crippen LogP contribution in [0.3, 0.4) is 0 Å². The monoisotopic (exact) mass is 541 g/mol. The summed E-state index contributed by atoms with van der Waals surface area (Å²) in [6.07, 6.45) is 2.19. The Morgan fingerprint density at radius 1 is 1.00 bits per heavy atom. The van der Waals surface area contributed by atoms with Gasteiger partial charge in [0.15, 0.2) is 5.82 Å². The van der Waals surface area contributed by atoms with Gasteiger partial charge in [-0.25, -0.2) is 13.4 Å². The van der Waals surface area contributed by atoms with Crippen LogP contribution in [-0.4, -0.2) is 73.1 Å². The van der Waals surface area contributed by atoms with E-state index in [4.69, 9.17) is 11.6 Å². The molecule has 2 aliphatic heterocycles. The number of rotatable bonds is 7. The molecule has 2 aliphatic rings. The average Bonchev–Trinajstić information content (AvgIpc) is 2.91. The van der Waals surface area contributed by atoms with Crippen LogP contribution in [0.25, 0.3) is 0 Å². The molecule has 196 valence electrons. The summed E-state index contributed by atoms with van der Waals surface area (Å²) in [6.45, 7) is 6.67. The first-order valence-electron chi connectivity index (χ1n) is 12.5. The quantitative estimate of drug-likeness (QED) is 0.462. The largest absolute Gasteiger partial charge is 0.369 e. The van der Waals surface area contributed by atoms with Crippen molar-refractivity contribution >= 4 is 50.5 Å². The van der Waals surface area contributed by atoms with Gasteiger partial charge in [0.25, 0.3) is 0 Å². The highest BCUT2D eigenvalue weighted by atomic mass is 35.5. The van der Waals surface area contributed by atoms with Crippen LogP contribution >= 0.6 is 11.6 Å². The lowest BCUT2D eigenvalue weighted by atomic mass is 9.99. The van der Waals surface area contributed by atoms with E-state index in [0.29, 0.717) is 36.3 Å². The van der Waals surface area contributed by atoms with Gasteiger partial charge in [0.1, 0.15) is 5.02 Å². The molecule has 0 spiro atoms. The number of benzene rings is 2. The van der Waals surface area contributed by atoms with Crippen molar-refractivity contribution in [2.24, 2.45) is 0 Å². The average molecular weight is 542 g/mol. The van der Waals surface area contributed by atoms with Gasteiger partial charge in [-0.05, 0) is 61.9 Å². The molecule has 2 N–H and O–H groups in total. The van der Waals surface area contributed by atoms with E-state index < -0.39 is 10.0 Å². The predicted octanol–water partition coefficient (Wildman–Crippen LogP) is 4.08. The Morgan fingerprint density at radius 3 is 2.49 bits per heavy atom. The summed E-state index contributed by atoms with van der Waals surface area (Å²) < 4.78 is 26.2. The number of halogens is 1. The molecule has 0 unspecified atom stereocenters. The molecule has 0 atom stereocenters. The van der Waals surface area contributed by atoms with Gasteiger partial charge < -0.3 is 20.4 Å². The Balaban J connectivity index is 1.30. The summed E-state index contributed by atoms with van der Waals surface area (Å²) in [5.41, 5.74) is 5.03. The van der Waals surface area contributed by atoms with Crippen molar-refractivity contribution in [1.29, 1.82) is 0 Å². The topological polar surface area (TPSA) is 93.7 Å². The molecule has 9 nitrogen and oxygen atoms in total. The number of nitrogens with zero attached hydrogens (tertiary/aromatic N) is 5. The molecule has 11 heteroatoms. The van der Waals surface area contributed by atoms with E-state index in [2.05, 4.69) is 49.6 Å². The number of likely N-dealkylation sites (N-methyl/N-ethyl adjacent to an activating group) is 1. The second kappa shape index (κ2) is 10.8. The molecular formula is C26H32ClN7O2S. The number of aromatic nitrogens is 2. The van der Waals surface area contributed by atoms with Gasteiger partial charge in [0.05, 0.1) is 11.9 Å². The van der Waals surface area contributed by atoms with Gasteiger partial charge in [-0.2, -0.15) is 9.29 Å². The van der Waals surface area contributed by atoms with Crippen molar-refractivity contribution in [3.63, 3.8) is 0 Å². The van der Waals surface area contributed by atoms with Crippen LogP contribution in [0.5, 0.6) is 0 Å². The van der Waals surface area contributed by atoms with E-state index in [1.807, 2.05) is 30.3 Å². The molecule has 37 heavy (non-hydrogen) atoms. The lowest BCUT2D eigenvalue weighted by Gasteiger charge is -2.34. The lowest BCUT2D eigenvalue weighted by molar-refractivity contribution is 0.313. The minimum Gasteiger partial charge on any atom is -0.369 e. The maximum Gasteiger partial charge on any atom is 0.229 e. The number of hydrogen-bond donors (Lipinski definition) is 2. The fourth-order valence-electron chi connectivity index (χ4n) is 4.71. The third-order valence-corrected chi connectivity index (χ3v) is 9.08. The Kier molecular flexibility index (Phi) is 7.52. The minimum absolute atomic E-state index is 0.102. The molecule has 5 rings (SSSR count). The molecule has 0 saturated carbocycles. The van der Waals surface area contributed by atoms with Gasteiger partial charge >= 0.3 is 0 Å². The van der Waals surface area contributed by atoms with E-state index >= 15 is 0 Å². The van der Waals surface area contributed by atoms with E-state index in [-0.39, 0.29) is 5.75 Å². The molecule has 0 radical (unpaired) electrons. The molecule has 2 aromatic carbocycles. The molecule has 0 bridgehead atoms. The Bertz CT molecular complexity index is 1360. The molecule has 0 aliphatic carbocycles. The van der Waals surface area contributed by atoms with E-state index in [0.717, 1.165) is 48.7 Å². The van der Waals surface area contributed by atoms with Crippen molar-refractivity contribution < 1.29 is 8.42 Å². The van der Waals surface area contributed by atoms with Crippen molar-refractivity contribution in [3.8, 4) is 0 Å². The SMILES string of the molecule is CCS(=O)(=O)N1CCc2c(cccc2Nc2nc(Nc3ccc(N4CCN(C)CC4)cc3)ncc2Cl)C1. The first-order valence-corrected chi connectivity index (χ1v) is 14.5. The van der Waals surface area contributed by atoms with Crippen molar-refractivity contribution in [1.82, 2.24) is 19.2 Å². The van der Waals surface area contributed by atoms with Gasteiger partial charge in [-0.1, -0.05) is 23.7 Å². The van der Waals surface area contributed by atoms with Gasteiger partial charge in [-0.3, -0.25) is 0 Å². The van der Waals surface area contributed by atoms with Crippen LogP contribution in [0.15, 0.2) is 48.7 Å². The lowest BCUT2D eigenvalue weighted by Crippen LogP contribution is -2.44. The zero-order chi connectivity index (χ0) is 26.0. The van der Waals surface area contributed by atoms with Crippen molar-refractivity contribution in [2.45, 2.75) is 19.9 Å². The number of sulfonamides is 1. The van der Waals surface area contributed by atoms with Gasteiger partial charge in [0, 0.05) is 56.3 Å². The number of piperazine rings is 1. The van der Waals surface area contributed by atoms with E-state index in [1.165, 1.54) is 5.69 Å². The molecular weight excluding hydrogens is 510 g/mol. The smallest absolute Gasteiger partial charge is 0.229 e. The van der Waals surface area contributed by atoms with Gasteiger partial charge in [0.2, 0.25) is 16.0 Å². The Labute approximate surface area is 223 Å². The van der Waals surface area contributed by atoms with Crippen LogP contribution in [0.1, 0.15) is 18.1 Å². The Morgan fingerprint density at radius 2 is 1.76 bits per heavy atom. The normalized spacial score (nSPS) is 16.9. The number of fused-ring (bicyclic) bond motifs is 1. The summed E-state index contributed by atoms with van der Waals surface area (Å²) in [5, 5.41) is 7.02. The maximum atomic E-state index is 12.3. The van der Waals surface area contributed by atoms with Crippen LogP contribution in [0.4, 0.5) is 28.8 Å². The fraction of sp³-hybridized carbons (Fsp3) is 0.385. The van der Waals surface area contributed by atoms with Crippen LogP contribution in [0.2, 0.25) is 5.02 Å². The van der Waals surface area contributed by atoms with Gasteiger partial charge in [-0.15, -0.1) is 0 Å². The molecule has 1 fully saturated rings. The highest BCUT2D eigenvalue weighted by molar-refractivity contribution is 7.89. The van der Waals surface area contributed by atoms with Crippen molar-refractivity contribution in [3.05, 3.63) is 64.8 Å². The fourth-order valence-corrected chi connectivity index (χ4v) is 5.92. The highest BCUT2D eigenvalue weighted by Gasteiger charge is 2.26. The second-order valence-electron chi connectivity index (χ2n) is 9.40. The first-order chi connectivity index (χ1) is 17.8. The van der Waals surface area contributed by atoms with E-state index in [1.54, 1.807) is 17.4 Å². The van der Waals surface area contributed by atoms with Crippen LogP contribution in [0, 0.1) is 0 Å². The predicted molar refractivity (Wildman–Crippen MR) is 150 cm³/mol. The molecule has 3 aromatic rings. The Hall–Kier alpha value is -2.92. The third kappa shape index (κ3) is 5.82. The van der Waals surface area contributed by atoms with E-state index in [9.17, 15) is 8.42 Å². The zero-order valence-electron chi connectivity index (χ0n) is 21.1. The molecule has 3 heterocycles. The molecule has 0 amide bonds. The minimum atomic E-state index is -3.23. The first kappa shape index (κ1) is 25.7. The summed E-state index contributed by atoms with van der Waals surface area (Å²) >= 11 is 6.44. The summed E-state index contributed by atoms with van der Waals surface area (Å²) in [7, 11) is -1.08. The maximum absolute atomic E-state index is 12.3. The molecule has 1 aromatic heterocycles. The standard InChI is InChI=1S/C26H32ClN7O2S/c1-3-37(35,36)34-12-11-22-19(18-34)5-4-6-24(22)30-25-23(27)17-28-26(31-25)29-20-7-9-21(10-8-20)33-15-13-32(2)14-16-33/h4-10,17H,3,11-16,18H2,1-2H3,(H2,28,29,30,31). The zero-order valence-corrected chi connectivity index (χ0v) is 22.7. The van der Waals surface area contributed by atoms with Crippen LogP contribution < -0.4 is 15.5 Å².